The topological polar surface area (TPSA) is 78.4 Å². The highest BCUT2D eigenvalue weighted by Crippen LogP contribution is 2.23. The average molecular weight is 292 g/mol. The molecule has 0 spiro atoms. The Balaban J connectivity index is 1.97. The summed E-state index contributed by atoms with van der Waals surface area (Å²) in [5, 5.41) is 17.2. The maximum absolute atomic E-state index is 11.8. The van der Waals surface area contributed by atoms with E-state index in [2.05, 4.69) is 10.6 Å². The molecule has 0 aliphatic rings. The fourth-order valence-corrected chi connectivity index (χ4v) is 2.68. The van der Waals surface area contributed by atoms with Crippen LogP contribution in [0.2, 0.25) is 0 Å². The molecule has 20 heavy (non-hydrogen) atoms. The summed E-state index contributed by atoms with van der Waals surface area (Å²) in [4.78, 5) is 22.5. The van der Waals surface area contributed by atoms with E-state index in [0.717, 1.165) is 10.1 Å². The Kier molecular flexibility index (Phi) is 4.57. The summed E-state index contributed by atoms with van der Waals surface area (Å²) >= 11 is 1.64. The van der Waals surface area contributed by atoms with Crippen LogP contribution in [0.5, 0.6) is 0 Å². The van der Waals surface area contributed by atoms with Crippen molar-refractivity contribution in [3.8, 4) is 0 Å². The molecule has 2 rings (SSSR count). The van der Waals surface area contributed by atoms with Crippen molar-refractivity contribution in [2.45, 2.75) is 25.8 Å². The number of nitrogens with one attached hydrogen (secondary N) is 2. The number of anilines is 1. The highest BCUT2D eigenvalue weighted by Gasteiger charge is 2.14. The first-order valence-electron chi connectivity index (χ1n) is 6.35. The van der Waals surface area contributed by atoms with Gasteiger partial charge in [0.2, 0.25) is 0 Å². The van der Waals surface area contributed by atoms with Gasteiger partial charge in [0, 0.05) is 16.4 Å². The minimum absolute atomic E-state index is 0.0759. The number of carbonyl (C=O) groups is 2. The molecule has 1 heterocycles. The van der Waals surface area contributed by atoms with Gasteiger partial charge in [-0.25, -0.2) is 4.79 Å². The summed E-state index contributed by atoms with van der Waals surface area (Å²) in [7, 11) is 0. The SMILES string of the molecule is CCC(CC(=O)O)NC(=O)Nc1ccc2sccc2c1. The molecule has 1 aromatic heterocycles. The van der Waals surface area contributed by atoms with Crippen LogP contribution in [-0.2, 0) is 4.79 Å². The van der Waals surface area contributed by atoms with Gasteiger partial charge < -0.3 is 15.7 Å². The van der Waals surface area contributed by atoms with Crippen molar-refractivity contribution in [2.75, 3.05) is 5.32 Å². The van der Waals surface area contributed by atoms with E-state index in [1.807, 2.05) is 36.6 Å². The predicted octanol–water partition coefficient (Wildman–Crippen LogP) is 3.28. The quantitative estimate of drug-likeness (QED) is 0.791. The Bertz CT molecular complexity index is 624. The Morgan fingerprint density at radius 3 is 2.85 bits per heavy atom. The van der Waals surface area contributed by atoms with E-state index in [0.29, 0.717) is 12.1 Å². The van der Waals surface area contributed by atoms with Gasteiger partial charge in [0.1, 0.15) is 0 Å². The van der Waals surface area contributed by atoms with E-state index in [1.165, 1.54) is 0 Å². The third kappa shape index (κ3) is 3.71. The predicted molar refractivity (Wildman–Crippen MR) is 80.3 cm³/mol. The van der Waals surface area contributed by atoms with Gasteiger partial charge in [0.05, 0.1) is 6.42 Å². The molecule has 3 N–H and O–H groups in total. The zero-order valence-electron chi connectivity index (χ0n) is 11.1. The molecule has 0 aliphatic heterocycles. The summed E-state index contributed by atoms with van der Waals surface area (Å²) in [5.41, 5.74) is 0.693. The molecule has 2 amide bonds. The highest BCUT2D eigenvalue weighted by molar-refractivity contribution is 7.17. The molecule has 1 atom stereocenters. The lowest BCUT2D eigenvalue weighted by Gasteiger charge is -2.15. The number of thiophene rings is 1. The van der Waals surface area contributed by atoms with Gasteiger partial charge in [-0.2, -0.15) is 0 Å². The number of rotatable bonds is 5. The molecule has 0 saturated heterocycles. The summed E-state index contributed by atoms with van der Waals surface area (Å²) in [6.45, 7) is 1.84. The first kappa shape index (κ1) is 14.3. The first-order valence-corrected chi connectivity index (χ1v) is 7.23. The van der Waals surface area contributed by atoms with Gasteiger partial charge in [0.25, 0.3) is 0 Å². The van der Waals surface area contributed by atoms with Gasteiger partial charge in [-0.05, 0) is 41.5 Å². The molecule has 0 fully saturated rings. The molecule has 1 aromatic carbocycles. The van der Waals surface area contributed by atoms with Crippen molar-refractivity contribution in [3.63, 3.8) is 0 Å². The van der Waals surface area contributed by atoms with Crippen LogP contribution in [0, 0.1) is 0 Å². The summed E-state index contributed by atoms with van der Waals surface area (Å²) in [5.74, 6) is -0.920. The van der Waals surface area contributed by atoms with E-state index in [4.69, 9.17) is 5.11 Å². The monoisotopic (exact) mass is 292 g/mol. The number of carboxylic acids is 1. The number of amides is 2. The Labute approximate surface area is 120 Å². The number of hydrogen-bond donors (Lipinski definition) is 3. The van der Waals surface area contributed by atoms with E-state index < -0.39 is 5.97 Å². The van der Waals surface area contributed by atoms with Crippen molar-refractivity contribution in [3.05, 3.63) is 29.6 Å². The van der Waals surface area contributed by atoms with Gasteiger partial charge in [-0.1, -0.05) is 6.92 Å². The second-order valence-electron chi connectivity index (χ2n) is 4.47. The lowest BCUT2D eigenvalue weighted by Crippen LogP contribution is -2.38. The van der Waals surface area contributed by atoms with Crippen LogP contribution in [0.15, 0.2) is 29.6 Å². The summed E-state index contributed by atoms with van der Waals surface area (Å²) in [6.07, 6.45) is 0.497. The van der Waals surface area contributed by atoms with Crippen LogP contribution in [0.3, 0.4) is 0 Å². The third-order valence-electron chi connectivity index (χ3n) is 2.96. The van der Waals surface area contributed by atoms with E-state index in [-0.39, 0.29) is 18.5 Å². The minimum Gasteiger partial charge on any atom is -0.481 e. The maximum atomic E-state index is 11.8. The molecule has 1 unspecified atom stereocenters. The number of aliphatic carboxylic acids is 1. The van der Waals surface area contributed by atoms with Crippen molar-refractivity contribution in [1.82, 2.24) is 5.32 Å². The maximum Gasteiger partial charge on any atom is 0.319 e. The third-order valence-corrected chi connectivity index (χ3v) is 3.86. The zero-order chi connectivity index (χ0) is 14.5. The Morgan fingerprint density at radius 2 is 2.15 bits per heavy atom. The van der Waals surface area contributed by atoms with Crippen LogP contribution in [-0.4, -0.2) is 23.1 Å². The number of benzene rings is 1. The summed E-state index contributed by atoms with van der Waals surface area (Å²) < 4.78 is 1.16. The molecule has 0 aliphatic carbocycles. The minimum atomic E-state index is -0.920. The summed E-state index contributed by atoms with van der Waals surface area (Å²) in [6, 6.07) is 6.91. The number of hydrogen-bond acceptors (Lipinski definition) is 3. The van der Waals surface area contributed by atoms with Crippen LogP contribution in [0.4, 0.5) is 10.5 Å². The van der Waals surface area contributed by atoms with Crippen LogP contribution < -0.4 is 10.6 Å². The van der Waals surface area contributed by atoms with E-state index >= 15 is 0 Å². The average Bonchev–Trinajstić information content (AvgIpc) is 2.84. The second-order valence-corrected chi connectivity index (χ2v) is 5.42. The molecule has 2 aromatic rings. The van der Waals surface area contributed by atoms with Gasteiger partial charge in [-0.15, -0.1) is 11.3 Å². The zero-order valence-corrected chi connectivity index (χ0v) is 11.9. The number of fused-ring (bicyclic) bond motifs is 1. The van der Waals surface area contributed by atoms with Crippen molar-refractivity contribution >= 4 is 39.1 Å². The van der Waals surface area contributed by atoms with E-state index in [9.17, 15) is 9.59 Å². The first-order chi connectivity index (χ1) is 9.58. The van der Waals surface area contributed by atoms with Gasteiger partial charge in [0.15, 0.2) is 0 Å². The number of carboxylic acid groups (broad SMARTS) is 1. The lowest BCUT2D eigenvalue weighted by atomic mass is 10.1. The van der Waals surface area contributed by atoms with Crippen molar-refractivity contribution < 1.29 is 14.7 Å². The fraction of sp³-hybridized carbons (Fsp3) is 0.286. The van der Waals surface area contributed by atoms with Crippen molar-refractivity contribution in [1.29, 1.82) is 0 Å². The van der Waals surface area contributed by atoms with Crippen LogP contribution in [0.1, 0.15) is 19.8 Å². The molecule has 6 heteroatoms. The largest absolute Gasteiger partial charge is 0.481 e. The van der Waals surface area contributed by atoms with Gasteiger partial charge >= 0.3 is 12.0 Å². The molecule has 0 saturated carbocycles. The molecular weight excluding hydrogens is 276 g/mol. The fourth-order valence-electron chi connectivity index (χ4n) is 1.91. The van der Waals surface area contributed by atoms with Gasteiger partial charge in [-0.3, -0.25) is 4.79 Å². The Hall–Kier alpha value is -2.08. The van der Waals surface area contributed by atoms with Crippen LogP contribution in [0.25, 0.3) is 10.1 Å². The standard InChI is InChI=1S/C14H16N2O3S/c1-2-10(8-13(17)18)15-14(19)16-11-3-4-12-9(7-11)5-6-20-12/h3-7,10H,2,8H2,1H3,(H,17,18)(H2,15,16,19). The molecule has 0 bridgehead atoms. The molecule has 0 radical (unpaired) electrons. The second kappa shape index (κ2) is 6.38. The highest BCUT2D eigenvalue weighted by atomic mass is 32.1. The smallest absolute Gasteiger partial charge is 0.319 e. The number of urea groups is 1. The van der Waals surface area contributed by atoms with Crippen LogP contribution >= 0.6 is 11.3 Å². The van der Waals surface area contributed by atoms with E-state index in [1.54, 1.807) is 11.3 Å². The van der Waals surface area contributed by atoms with Crippen molar-refractivity contribution in [2.24, 2.45) is 0 Å². The molecular formula is C14H16N2O3S. The number of carbonyl (C=O) groups excluding carboxylic acids is 1. The molecule has 5 nitrogen and oxygen atoms in total. The normalized spacial score (nSPS) is 12.1. The lowest BCUT2D eigenvalue weighted by molar-refractivity contribution is -0.137. The Morgan fingerprint density at radius 1 is 1.35 bits per heavy atom. The molecule has 106 valence electrons.